The Morgan fingerprint density at radius 1 is 1.08 bits per heavy atom. The lowest BCUT2D eigenvalue weighted by Crippen LogP contribution is -2.35. The van der Waals surface area contributed by atoms with Gasteiger partial charge in [0.25, 0.3) is 11.8 Å². The minimum absolute atomic E-state index is 0.0626. The number of hydrogen-bond donors (Lipinski definition) is 0. The number of nitrogens with zero attached hydrogens (tertiary/aromatic N) is 3. The van der Waals surface area contributed by atoms with Gasteiger partial charge in [0.15, 0.2) is 0 Å². The number of carbonyl (C=O) groups excluding carboxylic acids is 1. The fourth-order valence-corrected chi connectivity index (χ4v) is 3.05. The van der Waals surface area contributed by atoms with Crippen molar-refractivity contribution in [2.75, 3.05) is 6.54 Å². The van der Waals surface area contributed by atoms with E-state index in [1.807, 2.05) is 18.2 Å². The Kier molecular flexibility index (Phi) is 4.20. The number of benzene rings is 2. The van der Waals surface area contributed by atoms with Crippen LogP contribution in [0.5, 0.6) is 0 Å². The summed E-state index contributed by atoms with van der Waals surface area (Å²) in [6, 6.07) is 14.7. The Morgan fingerprint density at radius 2 is 1.81 bits per heavy atom. The summed E-state index contributed by atoms with van der Waals surface area (Å²) >= 11 is 0. The largest absolute Gasteiger partial charge is 0.334 e. The third kappa shape index (κ3) is 3.08. The third-order valence-electron chi connectivity index (χ3n) is 4.44. The Hall–Kier alpha value is -3.09. The highest BCUT2D eigenvalue weighted by atomic mass is 19.3. The Labute approximate surface area is 148 Å². The molecular weight excluding hydrogens is 340 g/mol. The number of alkyl halides is 2. The van der Waals surface area contributed by atoms with E-state index < -0.39 is 12.3 Å². The van der Waals surface area contributed by atoms with Crippen LogP contribution in [0.1, 0.15) is 33.8 Å². The molecule has 4 rings (SSSR count). The topological polar surface area (TPSA) is 59.2 Å². The van der Waals surface area contributed by atoms with E-state index in [0.717, 1.165) is 12.0 Å². The molecule has 0 saturated carbocycles. The monoisotopic (exact) mass is 355 g/mol. The quantitative estimate of drug-likeness (QED) is 0.716. The first kappa shape index (κ1) is 16.4. The van der Waals surface area contributed by atoms with Crippen LogP contribution in [0.3, 0.4) is 0 Å². The Balaban J connectivity index is 1.51. The highest BCUT2D eigenvalue weighted by Crippen LogP contribution is 2.23. The van der Waals surface area contributed by atoms with Crippen LogP contribution in [0.2, 0.25) is 0 Å². The van der Waals surface area contributed by atoms with E-state index in [2.05, 4.69) is 20.7 Å². The predicted octanol–water partition coefficient (Wildman–Crippen LogP) is 3.87. The maximum Gasteiger partial charge on any atom is 0.315 e. The van der Waals surface area contributed by atoms with Crippen molar-refractivity contribution in [3.63, 3.8) is 0 Å². The van der Waals surface area contributed by atoms with E-state index in [0.29, 0.717) is 24.2 Å². The number of amides is 1. The van der Waals surface area contributed by atoms with E-state index in [4.69, 9.17) is 0 Å². The van der Waals surface area contributed by atoms with Crippen molar-refractivity contribution in [1.82, 2.24) is 15.0 Å². The maximum atomic E-state index is 12.7. The summed E-state index contributed by atoms with van der Waals surface area (Å²) in [6.07, 6.45) is -1.97. The molecule has 0 radical (unpaired) electrons. The summed E-state index contributed by atoms with van der Waals surface area (Å²) < 4.78 is 29.6. The lowest BCUT2D eigenvalue weighted by Gasteiger charge is -2.29. The number of aromatic nitrogens is 2. The maximum absolute atomic E-state index is 12.7. The summed E-state index contributed by atoms with van der Waals surface area (Å²) in [7, 11) is 0. The molecule has 0 aliphatic carbocycles. The molecule has 2 heterocycles. The normalized spacial score (nSPS) is 13.7. The van der Waals surface area contributed by atoms with Crippen LogP contribution in [-0.4, -0.2) is 27.5 Å². The van der Waals surface area contributed by atoms with Gasteiger partial charge in [-0.05, 0) is 29.7 Å². The van der Waals surface area contributed by atoms with Crippen molar-refractivity contribution < 1.29 is 18.1 Å². The molecule has 0 spiro atoms. The van der Waals surface area contributed by atoms with E-state index >= 15 is 0 Å². The average molecular weight is 355 g/mol. The van der Waals surface area contributed by atoms with Crippen molar-refractivity contribution in [1.29, 1.82) is 0 Å². The molecule has 3 aromatic rings. The zero-order valence-corrected chi connectivity index (χ0v) is 13.7. The van der Waals surface area contributed by atoms with Crippen LogP contribution in [0.25, 0.3) is 11.4 Å². The van der Waals surface area contributed by atoms with E-state index in [1.54, 1.807) is 29.2 Å². The Bertz CT molecular complexity index is 938. The van der Waals surface area contributed by atoms with Gasteiger partial charge < -0.3 is 9.42 Å². The molecule has 1 aliphatic rings. The molecule has 0 atom stereocenters. The van der Waals surface area contributed by atoms with Crippen LogP contribution in [0.15, 0.2) is 53.1 Å². The van der Waals surface area contributed by atoms with Crippen molar-refractivity contribution >= 4 is 5.91 Å². The molecule has 1 amide bonds. The van der Waals surface area contributed by atoms with Crippen molar-refractivity contribution in [2.45, 2.75) is 19.4 Å². The highest BCUT2D eigenvalue weighted by Gasteiger charge is 2.22. The molecule has 5 nitrogen and oxygen atoms in total. The van der Waals surface area contributed by atoms with Gasteiger partial charge in [-0.2, -0.15) is 13.8 Å². The molecule has 0 fully saturated rings. The van der Waals surface area contributed by atoms with E-state index in [1.165, 1.54) is 5.56 Å². The number of halogens is 2. The fraction of sp³-hybridized carbons (Fsp3) is 0.211. The van der Waals surface area contributed by atoms with Gasteiger partial charge in [-0.15, -0.1) is 0 Å². The molecule has 0 saturated heterocycles. The second-order valence-corrected chi connectivity index (χ2v) is 6.08. The molecule has 0 bridgehead atoms. The number of fused-ring (bicyclic) bond motifs is 1. The third-order valence-corrected chi connectivity index (χ3v) is 4.44. The van der Waals surface area contributed by atoms with Gasteiger partial charge in [0, 0.05) is 24.2 Å². The zero-order valence-electron chi connectivity index (χ0n) is 13.7. The van der Waals surface area contributed by atoms with Gasteiger partial charge in [-0.3, -0.25) is 4.79 Å². The SMILES string of the molecule is O=C(c1ccc(-c2noc(C(F)F)n2)cc1)N1CCc2ccccc2C1. The molecular formula is C19H15F2N3O2. The van der Waals surface area contributed by atoms with Crippen molar-refractivity contribution in [3.05, 3.63) is 71.1 Å². The second-order valence-electron chi connectivity index (χ2n) is 6.08. The molecule has 1 aliphatic heterocycles. The number of carbonyl (C=O) groups is 1. The van der Waals surface area contributed by atoms with E-state index in [9.17, 15) is 13.6 Å². The number of hydrogen-bond acceptors (Lipinski definition) is 4. The molecule has 7 heteroatoms. The lowest BCUT2D eigenvalue weighted by molar-refractivity contribution is 0.0734. The van der Waals surface area contributed by atoms with Gasteiger partial charge in [-0.1, -0.05) is 41.6 Å². The van der Waals surface area contributed by atoms with Gasteiger partial charge >= 0.3 is 6.43 Å². The summed E-state index contributed by atoms with van der Waals surface area (Å²) in [4.78, 5) is 18.2. The van der Waals surface area contributed by atoms with Crippen LogP contribution >= 0.6 is 0 Å². The second kappa shape index (κ2) is 6.67. The van der Waals surface area contributed by atoms with Crippen LogP contribution < -0.4 is 0 Å². The van der Waals surface area contributed by atoms with E-state index in [-0.39, 0.29) is 11.7 Å². The molecule has 26 heavy (non-hydrogen) atoms. The van der Waals surface area contributed by atoms with Gasteiger partial charge in [0.1, 0.15) is 0 Å². The molecule has 0 N–H and O–H groups in total. The van der Waals surface area contributed by atoms with Gasteiger partial charge in [0.05, 0.1) is 0 Å². The minimum Gasteiger partial charge on any atom is -0.334 e. The summed E-state index contributed by atoms with van der Waals surface area (Å²) in [5.41, 5.74) is 3.49. The first-order valence-electron chi connectivity index (χ1n) is 8.20. The molecule has 0 unspecified atom stereocenters. The lowest BCUT2D eigenvalue weighted by atomic mass is 9.99. The van der Waals surface area contributed by atoms with Crippen LogP contribution in [0.4, 0.5) is 8.78 Å². The van der Waals surface area contributed by atoms with Crippen LogP contribution in [0, 0.1) is 0 Å². The smallest absolute Gasteiger partial charge is 0.315 e. The van der Waals surface area contributed by atoms with Crippen molar-refractivity contribution in [3.8, 4) is 11.4 Å². The van der Waals surface area contributed by atoms with Gasteiger partial charge in [0.2, 0.25) is 5.82 Å². The Morgan fingerprint density at radius 3 is 2.50 bits per heavy atom. The average Bonchev–Trinajstić information content (AvgIpc) is 3.18. The predicted molar refractivity (Wildman–Crippen MR) is 89.6 cm³/mol. The number of rotatable bonds is 3. The minimum atomic E-state index is -2.81. The zero-order chi connectivity index (χ0) is 18.1. The summed E-state index contributed by atoms with van der Waals surface area (Å²) in [6.45, 7) is 1.25. The first-order chi connectivity index (χ1) is 12.6. The molecule has 132 valence electrons. The van der Waals surface area contributed by atoms with Crippen molar-refractivity contribution in [2.24, 2.45) is 0 Å². The fourth-order valence-electron chi connectivity index (χ4n) is 3.05. The summed E-state index contributed by atoms with van der Waals surface area (Å²) in [5.74, 6) is -0.703. The molecule has 2 aromatic carbocycles. The summed E-state index contributed by atoms with van der Waals surface area (Å²) in [5, 5.41) is 3.54. The standard InChI is InChI=1S/C19H15F2N3O2/c20-16(21)18-22-17(23-26-18)13-5-7-14(8-6-13)19(25)24-10-9-12-3-1-2-4-15(12)11-24/h1-8,16H,9-11H2. The first-order valence-corrected chi connectivity index (χ1v) is 8.20. The van der Waals surface area contributed by atoms with Crippen LogP contribution in [-0.2, 0) is 13.0 Å². The molecule has 1 aromatic heterocycles. The highest BCUT2D eigenvalue weighted by molar-refractivity contribution is 5.94. The van der Waals surface area contributed by atoms with Gasteiger partial charge in [-0.25, -0.2) is 0 Å².